The van der Waals surface area contributed by atoms with Crippen molar-refractivity contribution in [2.75, 3.05) is 38.8 Å². The number of benzene rings is 2. The molecule has 4 saturated heterocycles. The Morgan fingerprint density at radius 2 is 0.923 bits per heavy atom. The Hall–Kier alpha value is -4.20. The molecule has 78 heavy (non-hydrogen) atoms. The van der Waals surface area contributed by atoms with Crippen LogP contribution in [0.3, 0.4) is 0 Å². The standard InChI is InChI=1S/C60H90N8O8S2/c1-37(61-7)53(69)63-43-27-31-77-47-35-59(3,4)51(67(47)57(43)73)55(71)65-49-41-25-19-17-23-39(41)33-45(49)75-29-21-15-13-11-9-10-12-14-16-22-30-76-46-34-40-24-18-20-26-42(40)50(46)66-56(72)52-60(5,6)36-48-68(52)58(74)44(28-32-78-48)64-54(70)38(2)62-8/h17-20,23-26,37-38,43-52,61-62H,9-16,21-22,27-36H2,1-8H3,(H,63,69)(H,64,70)(H,65,71)(H,66,72)/t37-,38-,43-,44-,45+,46+,47-,48-,49-,50-,51+,52+/m0/s1. The maximum absolute atomic E-state index is 14.5. The van der Waals surface area contributed by atoms with Crippen molar-refractivity contribution in [1.82, 2.24) is 41.7 Å². The second-order valence-corrected chi connectivity index (χ2v) is 26.8. The third-order valence-corrected chi connectivity index (χ3v) is 20.0. The minimum atomic E-state index is -0.677. The molecule has 0 spiro atoms. The highest BCUT2D eigenvalue weighted by Gasteiger charge is 2.57. The van der Waals surface area contributed by atoms with Gasteiger partial charge in [0.1, 0.15) is 24.2 Å². The molecule has 16 nitrogen and oxygen atoms in total. The van der Waals surface area contributed by atoms with Gasteiger partial charge in [-0.05, 0) is 111 Å². The van der Waals surface area contributed by atoms with Crippen LogP contribution in [0.25, 0.3) is 0 Å². The van der Waals surface area contributed by atoms with E-state index >= 15 is 0 Å². The summed E-state index contributed by atoms with van der Waals surface area (Å²) >= 11 is 3.40. The SMILES string of the molecule is CN[C@@H](C)C(=O)N[C@H]1CCS[C@H]2CC(C)(C)[C@@H](C(=O)N[C@H]3c4ccccc4C[C@H]3OCCCCCCCCCCCCO[C@@H]3Cc4ccccc4[C@@H]3NC(=O)[C@H]3N4C(=O)[C@@H](NC(=O)[C@H](C)NC)CCS[C@H]4CC3(C)C)N2C1=O. The smallest absolute Gasteiger partial charge is 0.246 e. The molecule has 2 aromatic rings. The first kappa shape index (κ1) is 59.9. The van der Waals surface area contributed by atoms with Gasteiger partial charge < -0.3 is 51.2 Å². The molecule has 430 valence electrons. The molecule has 0 aromatic heterocycles. The van der Waals surface area contributed by atoms with Crippen molar-refractivity contribution in [3.8, 4) is 0 Å². The van der Waals surface area contributed by atoms with E-state index < -0.39 is 47.1 Å². The topological polar surface area (TPSA) is 200 Å². The molecule has 6 amide bonds. The number of unbranched alkanes of at least 4 members (excludes halogenated alkanes) is 9. The molecule has 4 heterocycles. The molecule has 0 radical (unpaired) electrons. The van der Waals surface area contributed by atoms with Crippen LogP contribution < -0.4 is 31.9 Å². The lowest BCUT2D eigenvalue weighted by Gasteiger charge is -2.35. The van der Waals surface area contributed by atoms with Crippen LogP contribution in [0, 0.1) is 10.8 Å². The molecule has 4 aliphatic heterocycles. The van der Waals surface area contributed by atoms with Crippen molar-refractivity contribution in [3.05, 3.63) is 70.8 Å². The van der Waals surface area contributed by atoms with E-state index in [1.807, 2.05) is 24.3 Å². The first-order chi connectivity index (χ1) is 37.4. The Morgan fingerprint density at radius 1 is 0.564 bits per heavy atom. The Balaban J connectivity index is 0.732. The van der Waals surface area contributed by atoms with E-state index in [0.29, 0.717) is 38.9 Å². The number of hydrogen-bond donors (Lipinski definition) is 6. The number of amides is 6. The average molecular weight is 1120 g/mol. The summed E-state index contributed by atoms with van der Waals surface area (Å²) in [6, 6.07) is 12.3. The van der Waals surface area contributed by atoms with Crippen LogP contribution in [0.2, 0.25) is 0 Å². The first-order valence-electron chi connectivity index (χ1n) is 29.3. The van der Waals surface area contributed by atoms with E-state index in [1.165, 1.54) is 36.8 Å². The number of hydrogen-bond acceptors (Lipinski definition) is 12. The van der Waals surface area contributed by atoms with Crippen LogP contribution in [0.5, 0.6) is 0 Å². The number of ether oxygens (including phenoxy) is 2. The van der Waals surface area contributed by atoms with Gasteiger partial charge in [-0.1, -0.05) is 128 Å². The molecule has 2 aliphatic carbocycles. The maximum Gasteiger partial charge on any atom is 0.246 e. The quantitative estimate of drug-likeness (QED) is 0.0567. The summed E-state index contributed by atoms with van der Waals surface area (Å²) in [6.07, 6.45) is 14.7. The summed E-state index contributed by atoms with van der Waals surface area (Å²) in [5, 5.41) is 18.3. The zero-order valence-corrected chi connectivity index (χ0v) is 49.3. The molecular formula is C60H90N8O8S2. The fourth-order valence-electron chi connectivity index (χ4n) is 12.9. The third-order valence-electron chi connectivity index (χ3n) is 17.5. The summed E-state index contributed by atoms with van der Waals surface area (Å²) in [5.41, 5.74) is 3.58. The minimum Gasteiger partial charge on any atom is -0.375 e. The molecule has 6 N–H and O–H groups in total. The summed E-state index contributed by atoms with van der Waals surface area (Å²) in [6.45, 7) is 13.1. The Labute approximate surface area is 472 Å². The van der Waals surface area contributed by atoms with Crippen molar-refractivity contribution in [1.29, 1.82) is 0 Å². The van der Waals surface area contributed by atoms with Gasteiger partial charge in [-0.3, -0.25) is 28.8 Å². The van der Waals surface area contributed by atoms with Crippen LogP contribution in [-0.4, -0.2) is 143 Å². The van der Waals surface area contributed by atoms with E-state index in [9.17, 15) is 28.8 Å². The summed E-state index contributed by atoms with van der Waals surface area (Å²) < 4.78 is 13.2. The van der Waals surface area contributed by atoms with E-state index in [2.05, 4.69) is 83.9 Å². The molecule has 4 fully saturated rings. The monoisotopic (exact) mass is 1110 g/mol. The second kappa shape index (κ2) is 27.0. The lowest BCUT2D eigenvalue weighted by Crippen LogP contribution is -2.58. The highest BCUT2D eigenvalue weighted by molar-refractivity contribution is 8.00. The van der Waals surface area contributed by atoms with Crippen LogP contribution in [-0.2, 0) is 51.1 Å². The molecular weight excluding hydrogens is 1020 g/mol. The van der Waals surface area contributed by atoms with Gasteiger partial charge in [0.15, 0.2) is 0 Å². The fourth-order valence-corrected chi connectivity index (χ4v) is 16.0. The predicted molar refractivity (Wildman–Crippen MR) is 308 cm³/mol. The normalized spacial score (nSPS) is 28.6. The van der Waals surface area contributed by atoms with Gasteiger partial charge in [0.25, 0.3) is 0 Å². The maximum atomic E-state index is 14.5. The fraction of sp³-hybridized carbons (Fsp3) is 0.700. The zero-order chi connectivity index (χ0) is 55.7. The number of thioether (sulfide) groups is 2. The zero-order valence-electron chi connectivity index (χ0n) is 47.7. The van der Waals surface area contributed by atoms with E-state index in [0.717, 1.165) is 74.0 Å². The Morgan fingerprint density at radius 3 is 1.29 bits per heavy atom. The number of nitrogens with zero attached hydrogens (tertiary/aromatic N) is 2. The molecule has 0 bridgehead atoms. The van der Waals surface area contributed by atoms with Crippen molar-refractivity contribution < 1.29 is 38.2 Å². The van der Waals surface area contributed by atoms with Crippen LogP contribution in [0.4, 0.5) is 0 Å². The third kappa shape index (κ3) is 13.9. The van der Waals surface area contributed by atoms with Crippen LogP contribution in [0.1, 0.15) is 166 Å². The first-order valence-corrected chi connectivity index (χ1v) is 31.4. The highest BCUT2D eigenvalue weighted by Crippen LogP contribution is 2.49. The number of carbonyl (C=O) groups is 6. The van der Waals surface area contributed by atoms with Crippen molar-refractivity contribution >= 4 is 59.0 Å². The molecule has 0 unspecified atom stereocenters. The van der Waals surface area contributed by atoms with Crippen LogP contribution in [0.15, 0.2) is 48.5 Å². The van der Waals surface area contributed by atoms with Crippen LogP contribution >= 0.6 is 23.5 Å². The lowest BCUT2D eigenvalue weighted by atomic mass is 9.83. The van der Waals surface area contributed by atoms with Gasteiger partial charge in [-0.15, -0.1) is 23.5 Å². The number of fused-ring (bicyclic) bond motifs is 4. The van der Waals surface area contributed by atoms with E-state index in [1.54, 1.807) is 61.3 Å². The predicted octanol–water partition coefficient (Wildman–Crippen LogP) is 6.85. The largest absolute Gasteiger partial charge is 0.375 e. The molecule has 12 atom stereocenters. The highest BCUT2D eigenvalue weighted by atomic mass is 32.2. The lowest BCUT2D eigenvalue weighted by molar-refractivity contribution is -0.144. The number of nitrogens with one attached hydrogen (secondary N) is 6. The number of carbonyl (C=O) groups excluding carboxylic acids is 6. The minimum absolute atomic E-state index is 0.132. The summed E-state index contributed by atoms with van der Waals surface area (Å²) in [5.74, 6) is 0.286. The summed E-state index contributed by atoms with van der Waals surface area (Å²) in [7, 11) is 3.44. The van der Waals surface area contributed by atoms with Crippen molar-refractivity contribution in [2.24, 2.45) is 10.8 Å². The van der Waals surface area contributed by atoms with Gasteiger partial charge >= 0.3 is 0 Å². The molecule has 8 rings (SSSR count). The van der Waals surface area contributed by atoms with Crippen molar-refractivity contribution in [2.45, 2.75) is 216 Å². The van der Waals surface area contributed by atoms with Crippen molar-refractivity contribution in [3.63, 3.8) is 0 Å². The number of likely N-dealkylation sites (N-methyl/N-ethyl adjacent to an activating group) is 2. The van der Waals surface area contributed by atoms with Gasteiger partial charge in [-0.25, -0.2) is 0 Å². The average Bonchev–Trinajstić information content (AvgIpc) is 4.16. The van der Waals surface area contributed by atoms with Gasteiger partial charge in [-0.2, -0.15) is 0 Å². The van der Waals surface area contributed by atoms with Gasteiger partial charge in [0.05, 0.1) is 47.1 Å². The molecule has 18 heteroatoms. The van der Waals surface area contributed by atoms with Gasteiger partial charge in [0, 0.05) is 26.1 Å². The Kier molecular flexibility index (Phi) is 20.8. The Bertz CT molecular complexity index is 2260. The van der Waals surface area contributed by atoms with E-state index in [4.69, 9.17) is 9.47 Å². The number of rotatable bonds is 25. The summed E-state index contributed by atoms with van der Waals surface area (Å²) in [4.78, 5) is 86.6. The molecule has 2 aromatic carbocycles. The van der Waals surface area contributed by atoms with E-state index in [-0.39, 0.29) is 70.5 Å². The second-order valence-electron chi connectivity index (χ2n) is 24.2. The molecule has 6 aliphatic rings. The van der Waals surface area contributed by atoms with Gasteiger partial charge in [0.2, 0.25) is 35.4 Å². The molecule has 0 saturated carbocycles.